The van der Waals surface area contributed by atoms with Gasteiger partial charge in [0.25, 0.3) is 0 Å². The molecule has 0 aliphatic heterocycles. The second-order valence-electron chi connectivity index (χ2n) is 8.11. The third-order valence-corrected chi connectivity index (χ3v) is 5.30. The molecule has 1 heterocycles. The second kappa shape index (κ2) is 12.6. The minimum atomic E-state index is -0.615. The zero-order valence-electron chi connectivity index (χ0n) is 18.0. The normalized spacial score (nSPS) is 12.2. The number of hydrogen-bond donors (Lipinski definition) is 0. The van der Waals surface area contributed by atoms with Crippen molar-refractivity contribution in [3.63, 3.8) is 0 Å². The Hall–Kier alpha value is -1.87. The molecule has 0 amide bonds. The van der Waals surface area contributed by atoms with E-state index in [9.17, 15) is 4.79 Å². The van der Waals surface area contributed by atoms with E-state index in [1.165, 1.54) is 44.1 Å². The number of halogens is 1. The first-order valence-electron chi connectivity index (χ1n) is 10.9. The monoisotopic (exact) mass is 415 g/mol. The Bertz CT molecular complexity index is 725. The SMILES string of the molecule is CCCCCCCCc1ccc(-c2ccc(OC(=O)C(Cl)CC(C)C)cc2)nc1. The van der Waals surface area contributed by atoms with Gasteiger partial charge in [0.2, 0.25) is 0 Å². The average Bonchev–Trinajstić information content (AvgIpc) is 2.71. The maximum absolute atomic E-state index is 12.0. The second-order valence-corrected chi connectivity index (χ2v) is 8.64. The van der Waals surface area contributed by atoms with Crippen molar-refractivity contribution >= 4 is 17.6 Å². The van der Waals surface area contributed by atoms with Gasteiger partial charge >= 0.3 is 5.97 Å². The van der Waals surface area contributed by atoms with E-state index in [4.69, 9.17) is 16.3 Å². The number of benzene rings is 1. The van der Waals surface area contributed by atoms with Crippen LogP contribution >= 0.6 is 11.6 Å². The van der Waals surface area contributed by atoms with Gasteiger partial charge in [0.1, 0.15) is 11.1 Å². The molecular formula is C25H34ClNO2. The van der Waals surface area contributed by atoms with E-state index in [1.54, 1.807) is 12.1 Å². The van der Waals surface area contributed by atoms with E-state index in [0.29, 0.717) is 18.1 Å². The standard InChI is InChI=1S/C25H34ClNO2/c1-4-5-6-7-8-9-10-20-11-16-24(27-18-20)21-12-14-22(15-13-21)29-25(28)23(26)17-19(2)3/h11-16,18-19,23H,4-10,17H2,1-3H3. The molecule has 29 heavy (non-hydrogen) atoms. The molecule has 4 heteroatoms. The summed E-state index contributed by atoms with van der Waals surface area (Å²) in [6, 6.07) is 11.6. The topological polar surface area (TPSA) is 39.2 Å². The van der Waals surface area contributed by atoms with Gasteiger partial charge in [0, 0.05) is 11.8 Å². The quantitative estimate of drug-likeness (QED) is 0.159. The summed E-state index contributed by atoms with van der Waals surface area (Å²) in [5.74, 6) is 0.459. The van der Waals surface area contributed by atoms with Gasteiger partial charge in [-0.25, -0.2) is 0 Å². The summed E-state index contributed by atoms with van der Waals surface area (Å²) in [6.45, 7) is 6.31. The largest absolute Gasteiger partial charge is 0.425 e. The first-order valence-corrected chi connectivity index (χ1v) is 11.3. The molecular weight excluding hydrogens is 382 g/mol. The molecule has 0 radical (unpaired) electrons. The lowest BCUT2D eigenvalue weighted by Crippen LogP contribution is -2.22. The van der Waals surface area contributed by atoms with E-state index in [0.717, 1.165) is 17.7 Å². The van der Waals surface area contributed by atoms with E-state index >= 15 is 0 Å². The van der Waals surface area contributed by atoms with Gasteiger partial charge in [-0.05, 0) is 61.1 Å². The maximum Gasteiger partial charge on any atom is 0.329 e. The molecule has 1 atom stereocenters. The smallest absolute Gasteiger partial charge is 0.329 e. The molecule has 0 bridgehead atoms. The van der Waals surface area contributed by atoms with Crippen LogP contribution in [0.25, 0.3) is 11.3 Å². The molecule has 0 saturated carbocycles. The highest BCUT2D eigenvalue weighted by Gasteiger charge is 2.19. The number of aryl methyl sites for hydroxylation is 1. The number of alkyl halides is 1. The van der Waals surface area contributed by atoms with Crippen molar-refractivity contribution in [1.82, 2.24) is 4.98 Å². The zero-order chi connectivity index (χ0) is 21.1. The van der Waals surface area contributed by atoms with Gasteiger partial charge in [-0.3, -0.25) is 9.78 Å². The van der Waals surface area contributed by atoms with Crippen LogP contribution in [0.15, 0.2) is 42.6 Å². The van der Waals surface area contributed by atoms with Crippen molar-refractivity contribution in [3.8, 4) is 17.0 Å². The van der Waals surface area contributed by atoms with Crippen molar-refractivity contribution < 1.29 is 9.53 Å². The van der Waals surface area contributed by atoms with Crippen LogP contribution in [0.5, 0.6) is 5.75 Å². The first kappa shape index (κ1) is 23.4. The Morgan fingerprint density at radius 3 is 2.31 bits per heavy atom. The molecule has 2 rings (SSSR count). The highest BCUT2D eigenvalue weighted by Crippen LogP contribution is 2.22. The lowest BCUT2D eigenvalue weighted by Gasteiger charge is -2.11. The fourth-order valence-electron chi connectivity index (χ4n) is 3.24. The third kappa shape index (κ3) is 8.57. The average molecular weight is 416 g/mol. The van der Waals surface area contributed by atoms with Crippen LogP contribution in [-0.4, -0.2) is 16.3 Å². The summed E-state index contributed by atoms with van der Waals surface area (Å²) in [4.78, 5) is 16.6. The number of carbonyl (C=O) groups excluding carboxylic acids is 1. The minimum Gasteiger partial charge on any atom is -0.425 e. The number of pyridine rings is 1. The number of ether oxygens (including phenoxy) is 1. The lowest BCUT2D eigenvalue weighted by molar-refractivity contribution is -0.134. The first-order chi connectivity index (χ1) is 14.0. The summed E-state index contributed by atoms with van der Waals surface area (Å²) in [5, 5.41) is -0.615. The summed E-state index contributed by atoms with van der Waals surface area (Å²) in [7, 11) is 0. The van der Waals surface area contributed by atoms with Gasteiger partial charge in [-0.2, -0.15) is 0 Å². The van der Waals surface area contributed by atoms with E-state index < -0.39 is 11.3 Å². The van der Waals surface area contributed by atoms with Crippen molar-refractivity contribution in [2.24, 2.45) is 5.92 Å². The summed E-state index contributed by atoms with van der Waals surface area (Å²) in [5.41, 5.74) is 3.21. The number of hydrogen-bond acceptors (Lipinski definition) is 3. The molecule has 0 fully saturated rings. The zero-order valence-corrected chi connectivity index (χ0v) is 18.8. The maximum atomic E-state index is 12.0. The van der Waals surface area contributed by atoms with Crippen LogP contribution in [0.3, 0.4) is 0 Å². The van der Waals surface area contributed by atoms with Crippen molar-refractivity contribution in [2.45, 2.75) is 77.5 Å². The number of nitrogens with zero attached hydrogens (tertiary/aromatic N) is 1. The third-order valence-electron chi connectivity index (χ3n) is 4.95. The van der Waals surface area contributed by atoms with Crippen LogP contribution in [-0.2, 0) is 11.2 Å². The van der Waals surface area contributed by atoms with Gasteiger partial charge in [-0.15, -0.1) is 11.6 Å². The molecule has 1 aromatic heterocycles. The Morgan fingerprint density at radius 1 is 1.00 bits per heavy atom. The lowest BCUT2D eigenvalue weighted by atomic mass is 10.1. The Labute approximate surface area is 180 Å². The highest BCUT2D eigenvalue weighted by molar-refractivity contribution is 6.30. The van der Waals surface area contributed by atoms with Crippen LogP contribution in [0, 0.1) is 5.92 Å². The molecule has 158 valence electrons. The van der Waals surface area contributed by atoms with Crippen LogP contribution in [0.2, 0.25) is 0 Å². The van der Waals surface area contributed by atoms with Crippen molar-refractivity contribution in [2.75, 3.05) is 0 Å². The van der Waals surface area contributed by atoms with E-state index in [-0.39, 0.29) is 0 Å². The molecule has 0 saturated heterocycles. The fourth-order valence-corrected chi connectivity index (χ4v) is 3.64. The predicted octanol–water partition coefficient (Wildman–Crippen LogP) is 7.21. The van der Waals surface area contributed by atoms with Gasteiger partial charge < -0.3 is 4.74 Å². The Morgan fingerprint density at radius 2 is 1.69 bits per heavy atom. The molecule has 3 nitrogen and oxygen atoms in total. The molecule has 0 spiro atoms. The molecule has 0 N–H and O–H groups in total. The molecule has 2 aromatic rings. The van der Waals surface area contributed by atoms with Crippen LogP contribution in [0.4, 0.5) is 0 Å². The van der Waals surface area contributed by atoms with Crippen LogP contribution < -0.4 is 4.74 Å². The summed E-state index contributed by atoms with van der Waals surface area (Å²) in [6.07, 6.45) is 11.5. The van der Waals surface area contributed by atoms with Gasteiger partial charge in [0.15, 0.2) is 0 Å². The highest BCUT2D eigenvalue weighted by atomic mass is 35.5. The molecule has 0 aliphatic carbocycles. The fraction of sp³-hybridized carbons (Fsp3) is 0.520. The number of rotatable bonds is 12. The van der Waals surface area contributed by atoms with Crippen LogP contribution in [0.1, 0.15) is 71.3 Å². The summed E-state index contributed by atoms with van der Waals surface area (Å²) >= 11 is 6.10. The Balaban J connectivity index is 1.84. The number of aromatic nitrogens is 1. The molecule has 0 aliphatic rings. The van der Waals surface area contributed by atoms with Gasteiger partial charge in [0.05, 0.1) is 5.69 Å². The number of esters is 1. The molecule has 1 aromatic carbocycles. The van der Waals surface area contributed by atoms with Crippen molar-refractivity contribution in [3.05, 3.63) is 48.2 Å². The summed E-state index contributed by atoms with van der Waals surface area (Å²) < 4.78 is 5.38. The molecule has 1 unspecified atom stereocenters. The number of carbonyl (C=O) groups is 1. The van der Waals surface area contributed by atoms with Gasteiger partial charge in [-0.1, -0.05) is 58.9 Å². The predicted molar refractivity (Wildman–Crippen MR) is 121 cm³/mol. The van der Waals surface area contributed by atoms with Crippen molar-refractivity contribution in [1.29, 1.82) is 0 Å². The minimum absolute atomic E-state index is 0.350. The van der Waals surface area contributed by atoms with E-state index in [1.807, 2.05) is 32.2 Å². The Kier molecular flexibility index (Phi) is 10.2. The van der Waals surface area contributed by atoms with E-state index in [2.05, 4.69) is 24.0 Å². The number of unbranched alkanes of at least 4 members (excludes halogenated alkanes) is 5.